The molecule has 1 aromatic rings. The average molecular weight is 241 g/mol. The molecule has 0 aromatic carbocycles. The van der Waals surface area contributed by atoms with Gasteiger partial charge in [-0.1, -0.05) is 13.8 Å². The summed E-state index contributed by atoms with van der Waals surface area (Å²) in [5.74, 6) is 0.774. The van der Waals surface area contributed by atoms with E-state index in [0.717, 1.165) is 31.7 Å². The highest BCUT2D eigenvalue weighted by molar-refractivity contribution is 6.28. The number of nitrogen functional groups attached to an aromatic ring is 1. The third-order valence-corrected chi connectivity index (χ3v) is 3.37. The van der Waals surface area contributed by atoms with Crippen molar-refractivity contribution in [2.24, 2.45) is 5.41 Å². The molecular formula is C11H17ClN4. The Labute approximate surface area is 101 Å². The van der Waals surface area contributed by atoms with Gasteiger partial charge in [0.25, 0.3) is 0 Å². The first kappa shape index (κ1) is 11.5. The fraction of sp³-hybridized carbons (Fsp3) is 0.636. The Morgan fingerprint density at radius 2 is 2.00 bits per heavy atom. The van der Waals surface area contributed by atoms with E-state index in [4.69, 9.17) is 17.3 Å². The Balaban J connectivity index is 2.17. The van der Waals surface area contributed by atoms with Gasteiger partial charge in [-0.05, 0) is 29.9 Å². The largest absolute Gasteiger partial charge is 0.394 e. The van der Waals surface area contributed by atoms with Gasteiger partial charge in [0.15, 0.2) is 5.82 Å². The molecule has 0 amide bonds. The number of aromatic nitrogens is 2. The van der Waals surface area contributed by atoms with Crippen LogP contribution in [0.3, 0.4) is 0 Å². The molecule has 0 atom stereocenters. The molecule has 0 radical (unpaired) electrons. The highest BCUT2D eigenvalue weighted by Crippen LogP contribution is 2.33. The first-order valence-electron chi connectivity index (χ1n) is 5.51. The quantitative estimate of drug-likeness (QED) is 0.766. The van der Waals surface area contributed by atoms with Crippen LogP contribution < -0.4 is 10.6 Å². The zero-order valence-electron chi connectivity index (χ0n) is 9.70. The Bertz CT molecular complexity index is 382. The molecule has 2 rings (SSSR count). The summed E-state index contributed by atoms with van der Waals surface area (Å²) in [6, 6.07) is 0. The van der Waals surface area contributed by atoms with Crippen molar-refractivity contribution in [3.05, 3.63) is 11.5 Å². The number of anilines is 2. The van der Waals surface area contributed by atoms with Crippen molar-refractivity contribution in [3.8, 4) is 0 Å². The molecule has 0 spiro atoms. The molecule has 1 fully saturated rings. The second-order valence-electron chi connectivity index (χ2n) is 5.07. The van der Waals surface area contributed by atoms with Crippen LogP contribution in [0.4, 0.5) is 11.5 Å². The molecule has 1 aliphatic rings. The second kappa shape index (κ2) is 4.09. The van der Waals surface area contributed by atoms with E-state index >= 15 is 0 Å². The first-order valence-corrected chi connectivity index (χ1v) is 5.89. The molecule has 2 N–H and O–H groups in total. The van der Waals surface area contributed by atoms with E-state index < -0.39 is 0 Å². The van der Waals surface area contributed by atoms with Crippen LogP contribution >= 0.6 is 11.6 Å². The van der Waals surface area contributed by atoms with Gasteiger partial charge in [0.2, 0.25) is 5.28 Å². The molecule has 1 aliphatic heterocycles. The maximum absolute atomic E-state index is 5.86. The van der Waals surface area contributed by atoms with Crippen LogP contribution in [0.25, 0.3) is 0 Å². The molecule has 2 heterocycles. The van der Waals surface area contributed by atoms with Gasteiger partial charge in [-0.15, -0.1) is 0 Å². The van der Waals surface area contributed by atoms with Crippen molar-refractivity contribution in [1.29, 1.82) is 0 Å². The van der Waals surface area contributed by atoms with E-state index in [9.17, 15) is 0 Å². The number of piperidine rings is 1. The molecule has 0 bridgehead atoms. The third-order valence-electron chi connectivity index (χ3n) is 3.18. The predicted molar refractivity (Wildman–Crippen MR) is 66.7 cm³/mol. The summed E-state index contributed by atoms with van der Waals surface area (Å²) in [4.78, 5) is 10.3. The van der Waals surface area contributed by atoms with Gasteiger partial charge in [0, 0.05) is 13.1 Å². The van der Waals surface area contributed by atoms with Crippen molar-refractivity contribution in [2.75, 3.05) is 23.7 Å². The summed E-state index contributed by atoms with van der Waals surface area (Å²) < 4.78 is 0. The van der Waals surface area contributed by atoms with Gasteiger partial charge in [0.1, 0.15) is 0 Å². The fourth-order valence-corrected chi connectivity index (χ4v) is 2.07. The monoisotopic (exact) mass is 240 g/mol. The van der Waals surface area contributed by atoms with Crippen molar-refractivity contribution >= 4 is 23.1 Å². The Kier molecular flexibility index (Phi) is 2.93. The van der Waals surface area contributed by atoms with Crippen LogP contribution in [-0.2, 0) is 0 Å². The molecule has 88 valence electrons. The lowest BCUT2D eigenvalue weighted by molar-refractivity contribution is 0.279. The molecule has 1 saturated heterocycles. The third kappa shape index (κ3) is 2.38. The summed E-state index contributed by atoms with van der Waals surface area (Å²) in [5, 5.41) is 0.258. The minimum atomic E-state index is 0.258. The number of nitrogens with zero attached hydrogens (tertiary/aromatic N) is 3. The molecule has 0 aliphatic carbocycles. The maximum Gasteiger partial charge on any atom is 0.224 e. The number of halogens is 1. The van der Waals surface area contributed by atoms with Crippen LogP contribution in [-0.4, -0.2) is 23.1 Å². The SMILES string of the molecule is CC1(C)CCN(c2nc(Cl)ncc2N)CC1. The minimum Gasteiger partial charge on any atom is -0.394 e. The van der Waals surface area contributed by atoms with E-state index in [0.29, 0.717) is 11.1 Å². The van der Waals surface area contributed by atoms with Gasteiger partial charge in [0.05, 0.1) is 11.9 Å². The smallest absolute Gasteiger partial charge is 0.224 e. The van der Waals surface area contributed by atoms with Crippen LogP contribution in [0.2, 0.25) is 5.28 Å². The van der Waals surface area contributed by atoms with Crippen LogP contribution in [0.15, 0.2) is 6.20 Å². The lowest BCUT2D eigenvalue weighted by atomic mass is 9.83. The predicted octanol–water partition coefficient (Wildman–Crippen LogP) is 2.34. The van der Waals surface area contributed by atoms with Crippen molar-refractivity contribution < 1.29 is 0 Å². The molecule has 1 aromatic heterocycles. The van der Waals surface area contributed by atoms with E-state index in [2.05, 4.69) is 28.7 Å². The number of nitrogens with two attached hydrogens (primary N) is 1. The summed E-state index contributed by atoms with van der Waals surface area (Å²) in [7, 11) is 0. The van der Waals surface area contributed by atoms with Crippen molar-refractivity contribution in [3.63, 3.8) is 0 Å². The van der Waals surface area contributed by atoms with E-state index in [1.54, 1.807) is 6.20 Å². The average Bonchev–Trinajstić information content (AvgIpc) is 2.22. The molecule has 16 heavy (non-hydrogen) atoms. The standard InChI is InChI=1S/C11H17ClN4/c1-11(2)3-5-16(6-4-11)9-8(13)7-14-10(12)15-9/h7H,3-6,13H2,1-2H3. The Morgan fingerprint density at radius 3 is 2.62 bits per heavy atom. The molecular weight excluding hydrogens is 224 g/mol. The van der Waals surface area contributed by atoms with Gasteiger partial charge < -0.3 is 10.6 Å². The molecule has 0 saturated carbocycles. The molecule has 0 unspecified atom stereocenters. The van der Waals surface area contributed by atoms with E-state index in [1.165, 1.54) is 0 Å². The van der Waals surface area contributed by atoms with Crippen molar-refractivity contribution in [2.45, 2.75) is 26.7 Å². The molecule has 4 nitrogen and oxygen atoms in total. The van der Waals surface area contributed by atoms with Crippen LogP contribution in [0, 0.1) is 5.41 Å². The molecule has 5 heteroatoms. The fourth-order valence-electron chi connectivity index (χ4n) is 1.94. The number of hydrogen-bond donors (Lipinski definition) is 1. The lowest BCUT2D eigenvalue weighted by Crippen LogP contribution is -2.38. The summed E-state index contributed by atoms with van der Waals surface area (Å²) in [6.07, 6.45) is 3.87. The lowest BCUT2D eigenvalue weighted by Gasteiger charge is -2.37. The normalized spacial score (nSPS) is 19.8. The minimum absolute atomic E-state index is 0.258. The number of hydrogen-bond acceptors (Lipinski definition) is 4. The van der Waals surface area contributed by atoms with Gasteiger partial charge >= 0.3 is 0 Å². The van der Waals surface area contributed by atoms with E-state index in [1.807, 2.05) is 0 Å². The topological polar surface area (TPSA) is 55.0 Å². The highest BCUT2D eigenvalue weighted by atomic mass is 35.5. The number of rotatable bonds is 1. The van der Waals surface area contributed by atoms with Crippen LogP contribution in [0.1, 0.15) is 26.7 Å². The van der Waals surface area contributed by atoms with Gasteiger partial charge in [-0.3, -0.25) is 0 Å². The van der Waals surface area contributed by atoms with Gasteiger partial charge in [-0.2, -0.15) is 4.98 Å². The summed E-state index contributed by atoms with van der Waals surface area (Å²) in [6.45, 7) is 6.54. The maximum atomic E-state index is 5.86. The zero-order valence-corrected chi connectivity index (χ0v) is 10.5. The zero-order chi connectivity index (χ0) is 11.8. The Morgan fingerprint density at radius 1 is 1.38 bits per heavy atom. The second-order valence-corrected chi connectivity index (χ2v) is 5.41. The van der Waals surface area contributed by atoms with Gasteiger partial charge in [-0.25, -0.2) is 4.98 Å². The summed E-state index contributed by atoms with van der Waals surface area (Å²) in [5.41, 5.74) is 6.88. The first-order chi connectivity index (χ1) is 7.48. The summed E-state index contributed by atoms with van der Waals surface area (Å²) >= 11 is 5.79. The highest BCUT2D eigenvalue weighted by Gasteiger charge is 2.26. The van der Waals surface area contributed by atoms with Crippen molar-refractivity contribution in [1.82, 2.24) is 9.97 Å². The van der Waals surface area contributed by atoms with E-state index in [-0.39, 0.29) is 5.28 Å². The van der Waals surface area contributed by atoms with Crippen LogP contribution in [0.5, 0.6) is 0 Å². The Hall–Kier alpha value is -1.03.